The van der Waals surface area contributed by atoms with E-state index in [1.54, 1.807) is 35.0 Å². The van der Waals surface area contributed by atoms with Gasteiger partial charge in [0.15, 0.2) is 0 Å². The molecule has 1 atom stereocenters. The van der Waals surface area contributed by atoms with Crippen LogP contribution in [0, 0.1) is 0 Å². The van der Waals surface area contributed by atoms with E-state index < -0.39 is 0 Å². The first-order chi connectivity index (χ1) is 11.6. The molecule has 0 N–H and O–H groups in total. The number of fused-ring (bicyclic) bond motifs is 2. The number of anilines is 1. The van der Waals surface area contributed by atoms with Crippen molar-refractivity contribution in [2.75, 3.05) is 11.4 Å². The summed E-state index contributed by atoms with van der Waals surface area (Å²) in [6.07, 6.45) is 3.01. The topological polar surface area (TPSA) is 54.7 Å². The summed E-state index contributed by atoms with van der Waals surface area (Å²) in [6.45, 7) is 2.64. The van der Waals surface area contributed by atoms with Gasteiger partial charge >= 0.3 is 0 Å². The van der Waals surface area contributed by atoms with Gasteiger partial charge in [-0.25, -0.2) is 4.98 Å². The van der Waals surface area contributed by atoms with Crippen molar-refractivity contribution in [2.45, 2.75) is 17.1 Å². The number of benzene rings is 1. The molecule has 0 bridgehead atoms. The summed E-state index contributed by atoms with van der Waals surface area (Å²) in [4.78, 5) is 32.7. The zero-order valence-electron chi connectivity index (χ0n) is 13.0. The average Bonchev–Trinajstić information content (AvgIpc) is 2.61. The third-order valence-corrected chi connectivity index (χ3v) is 5.16. The van der Waals surface area contributed by atoms with Crippen LogP contribution in [0.2, 0.25) is 0 Å². The summed E-state index contributed by atoms with van der Waals surface area (Å²) in [6, 6.07) is 13.1. The Hall–Kier alpha value is -2.60. The monoisotopic (exact) mass is 337 g/mol. The Morgan fingerprint density at radius 1 is 1.21 bits per heavy atom. The first-order valence-electron chi connectivity index (χ1n) is 7.69. The van der Waals surface area contributed by atoms with Crippen LogP contribution < -0.4 is 10.5 Å². The predicted octanol–water partition coefficient (Wildman–Crippen LogP) is 2.84. The number of aromatic nitrogens is 2. The maximum absolute atomic E-state index is 13.0. The minimum Gasteiger partial charge on any atom is -0.306 e. The molecule has 1 unspecified atom stereocenters. The molecule has 120 valence electrons. The van der Waals surface area contributed by atoms with Gasteiger partial charge in [0.2, 0.25) is 0 Å². The molecule has 2 aromatic heterocycles. The summed E-state index contributed by atoms with van der Waals surface area (Å²) < 4.78 is 1.40. The third-order valence-electron chi connectivity index (χ3n) is 4.01. The molecule has 0 spiro atoms. The molecule has 0 radical (unpaired) electrons. The molecule has 0 saturated heterocycles. The van der Waals surface area contributed by atoms with E-state index in [9.17, 15) is 9.59 Å². The number of amides is 1. The van der Waals surface area contributed by atoms with Gasteiger partial charge in [-0.05, 0) is 24.3 Å². The molecule has 24 heavy (non-hydrogen) atoms. The van der Waals surface area contributed by atoms with Gasteiger partial charge in [0.1, 0.15) is 11.2 Å². The van der Waals surface area contributed by atoms with Crippen molar-refractivity contribution in [3.8, 4) is 0 Å². The SMILES string of the molecule is CC1CN(C(=O)c2cnc3ccccn3c2=O)c2ccccc2S1. The van der Waals surface area contributed by atoms with Crippen molar-refractivity contribution in [3.05, 3.63) is 70.8 Å². The van der Waals surface area contributed by atoms with E-state index in [-0.39, 0.29) is 22.3 Å². The lowest BCUT2D eigenvalue weighted by molar-refractivity contribution is 0.0984. The lowest BCUT2D eigenvalue weighted by Gasteiger charge is -2.32. The fourth-order valence-corrected chi connectivity index (χ4v) is 4.01. The van der Waals surface area contributed by atoms with Crippen molar-refractivity contribution in [2.24, 2.45) is 0 Å². The van der Waals surface area contributed by atoms with Crippen LogP contribution in [0.4, 0.5) is 5.69 Å². The molecule has 0 fully saturated rings. The van der Waals surface area contributed by atoms with E-state index in [1.165, 1.54) is 10.6 Å². The maximum Gasteiger partial charge on any atom is 0.270 e. The zero-order valence-corrected chi connectivity index (χ0v) is 13.9. The van der Waals surface area contributed by atoms with E-state index in [0.29, 0.717) is 12.2 Å². The number of hydrogen-bond donors (Lipinski definition) is 0. The molecule has 4 rings (SSSR count). The van der Waals surface area contributed by atoms with E-state index in [1.807, 2.05) is 30.3 Å². The standard InChI is InChI=1S/C18H15N3O2S/c1-12-11-21(14-6-2-3-7-15(14)24-12)18(23)13-10-19-16-8-4-5-9-20(16)17(13)22/h2-10,12H,11H2,1H3. The molecule has 3 aromatic rings. The summed E-state index contributed by atoms with van der Waals surface area (Å²) in [5.41, 5.74) is 1.13. The van der Waals surface area contributed by atoms with E-state index in [2.05, 4.69) is 11.9 Å². The highest BCUT2D eigenvalue weighted by molar-refractivity contribution is 8.00. The van der Waals surface area contributed by atoms with Crippen LogP contribution in [0.1, 0.15) is 17.3 Å². The first-order valence-corrected chi connectivity index (χ1v) is 8.57. The highest BCUT2D eigenvalue weighted by Gasteiger charge is 2.29. The van der Waals surface area contributed by atoms with Gasteiger partial charge in [-0.2, -0.15) is 0 Å². The largest absolute Gasteiger partial charge is 0.306 e. The number of pyridine rings is 1. The van der Waals surface area contributed by atoms with Gasteiger partial charge < -0.3 is 4.90 Å². The molecule has 0 saturated carbocycles. The van der Waals surface area contributed by atoms with Crippen LogP contribution in [0.25, 0.3) is 5.65 Å². The quantitative estimate of drug-likeness (QED) is 0.685. The molecule has 1 aliphatic heterocycles. The van der Waals surface area contributed by atoms with Gasteiger partial charge in [-0.15, -0.1) is 11.8 Å². The van der Waals surface area contributed by atoms with E-state index in [4.69, 9.17) is 0 Å². The molecular formula is C18H15N3O2S. The normalized spacial score (nSPS) is 16.9. The minimum atomic E-state index is -0.339. The van der Waals surface area contributed by atoms with E-state index in [0.717, 1.165) is 10.6 Å². The highest BCUT2D eigenvalue weighted by Crippen LogP contribution is 2.38. The van der Waals surface area contributed by atoms with Crippen LogP contribution in [0.15, 0.2) is 64.5 Å². The lowest BCUT2D eigenvalue weighted by Crippen LogP contribution is -2.41. The van der Waals surface area contributed by atoms with Crippen LogP contribution in [-0.4, -0.2) is 27.1 Å². The third kappa shape index (κ3) is 2.39. The van der Waals surface area contributed by atoms with Gasteiger partial charge in [0.25, 0.3) is 11.5 Å². The Bertz CT molecular complexity index is 999. The highest BCUT2D eigenvalue weighted by atomic mass is 32.2. The summed E-state index contributed by atoms with van der Waals surface area (Å²) in [7, 11) is 0. The van der Waals surface area contributed by atoms with Crippen molar-refractivity contribution >= 4 is 29.0 Å². The number of carbonyl (C=O) groups is 1. The summed E-state index contributed by atoms with van der Waals surface area (Å²) >= 11 is 1.74. The molecule has 0 aliphatic carbocycles. The minimum absolute atomic E-state index is 0.0904. The fraction of sp³-hybridized carbons (Fsp3) is 0.167. The maximum atomic E-state index is 13.0. The summed E-state index contributed by atoms with van der Waals surface area (Å²) in [5.74, 6) is -0.301. The van der Waals surface area contributed by atoms with Crippen molar-refractivity contribution in [1.82, 2.24) is 9.38 Å². The number of hydrogen-bond acceptors (Lipinski definition) is 4. The van der Waals surface area contributed by atoms with Crippen molar-refractivity contribution in [3.63, 3.8) is 0 Å². The molecule has 1 amide bonds. The molecule has 1 aromatic carbocycles. The second-order valence-electron chi connectivity index (χ2n) is 5.72. The van der Waals surface area contributed by atoms with Gasteiger partial charge in [0.05, 0.1) is 5.69 Å². The van der Waals surface area contributed by atoms with Crippen molar-refractivity contribution in [1.29, 1.82) is 0 Å². The Kier molecular flexibility index (Phi) is 3.61. The Labute approximate surface area is 142 Å². The zero-order chi connectivity index (χ0) is 16.7. The number of nitrogens with zero attached hydrogens (tertiary/aromatic N) is 3. The van der Waals surface area contributed by atoms with Crippen LogP contribution in [0.5, 0.6) is 0 Å². The second-order valence-corrected chi connectivity index (χ2v) is 7.20. The predicted molar refractivity (Wildman–Crippen MR) is 94.9 cm³/mol. The first kappa shape index (κ1) is 15.0. The molecule has 1 aliphatic rings. The second kappa shape index (κ2) is 5.79. The molecule has 6 heteroatoms. The number of rotatable bonds is 1. The van der Waals surface area contributed by atoms with Gasteiger partial charge in [-0.3, -0.25) is 14.0 Å². The van der Waals surface area contributed by atoms with Crippen LogP contribution >= 0.6 is 11.8 Å². The van der Waals surface area contributed by atoms with Crippen molar-refractivity contribution < 1.29 is 4.79 Å². The lowest BCUT2D eigenvalue weighted by atomic mass is 10.2. The average molecular weight is 337 g/mol. The van der Waals surface area contributed by atoms with Crippen LogP contribution in [-0.2, 0) is 0 Å². The number of para-hydroxylation sites is 1. The smallest absolute Gasteiger partial charge is 0.270 e. The molecular weight excluding hydrogens is 322 g/mol. The molecule has 3 heterocycles. The Balaban J connectivity index is 1.83. The molecule has 5 nitrogen and oxygen atoms in total. The summed E-state index contributed by atoms with van der Waals surface area (Å²) in [5, 5.41) is 0.264. The van der Waals surface area contributed by atoms with Gasteiger partial charge in [-0.1, -0.05) is 25.1 Å². The van der Waals surface area contributed by atoms with Gasteiger partial charge in [0, 0.05) is 29.1 Å². The van der Waals surface area contributed by atoms with E-state index >= 15 is 0 Å². The van der Waals surface area contributed by atoms with Crippen LogP contribution in [0.3, 0.4) is 0 Å². The Morgan fingerprint density at radius 2 is 2.00 bits per heavy atom. The Morgan fingerprint density at radius 3 is 2.88 bits per heavy atom. The fourth-order valence-electron chi connectivity index (χ4n) is 2.90. The number of thioether (sulfide) groups is 1. The number of carbonyl (C=O) groups excluding carboxylic acids is 1.